The molecule has 0 heterocycles. The summed E-state index contributed by atoms with van der Waals surface area (Å²) >= 11 is 0. The molecule has 4 heteroatoms. The van der Waals surface area contributed by atoms with Crippen LogP contribution < -0.4 is 4.74 Å². The summed E-state index contributed by atoms with van der Waals surface area (Å²) in [7, 11) is 0. The summed E-state index contributed by atoms with van der Waals surface area (Å²) in [6.07, 6.45) is 0.458. The van der Waals surface area contributed by atoms with Gasteiger partial charge in [-0.15, -0.1) is 0 Å². The Hall–Kier alpha value is -1.19. The third-order valence-corrected chi connectivity index (χ3v) is 4.51. The van der Waals surface area contributed by atoms with E-state index >= 15 is 0 Å². The predicted octanol–water partition coefficient (Wildman–Crippen LogP) is 6.09. The molecule has 0 unspecified atom stereocenters. The van der Waals surface area contributed by atoms with Crippen molar-refractivity contribution in [2.75, 3.05) is 6.61 Å². The molecule has 1 saturated carbocycles. The lowest BCUT2D eigenvalue weighted by atomic mass is 9.77. The summed E-state index contributed by atoms with van der Waals surface area (Å²) in [5.74, 6) is 1.62. The Bertz CT molecular complexity index is 431. The summed E-state index contributed by atoms with van der Waals surface area (Å²) in [6, 6.07) is 8.21. The van der Waals surface area contributed by atoms with Crippen LogP contribution in [0.15, 0.2) is 24.3 Å². The molecule has 0 amide bonds. The highest BCUT2D eigenvalue weighted by Crippen LogP contribution is 2.39. The Morgan fingerprint density at radius 1 is 1.05 bits per heavy atom. The van der Waals surface area contributed by atoms with E-state index in [-0.39, 0.29) is 5.92 Å². The van der Waals surface area contributed by atoms with Crippen molar-refractivity contribution in [1.29, 1.82) is 0 Å². The Kier molecular flexibility index (Phi) is 6.16. The molecule has 124 valence electrons. The van der Waals surface area contributed by atoms with Crippen molar-refractivity contribution >= 4 is 0 Å². The van der Waals surface area contributed by atoms with Gasteiger partial charge in [-0.1, -0.05) is 19.1 Å². The molecule has 0 aromatic heterocycles. The second-order valence-corrected chi connectivity index (χ2v) is 6.29. The van der Waals surface area contributed by atoms with Crippen LogP contribution >= 0.6 is 0 Å². The molecule has 0 radical (unpaired) electrons. The highest BCUT2D eigenvalue weighted by molar-refractivity contribution is 5.29. The number of halogens is 3. The van der Waals surface area contributed by atoms with Gasteiger partial charge in [-0.2, -0.15) is 13.2 Å². The third-order valence-electron chi connectivity index (χ3n) is 4.51. The standard InChI is InChI=1S/C18H25F3O/c1-2-13-22-17-9-7-16(8-10-17)15-5-3-14(4-6-15)11-12-18(19,20)21/h7-10,14-15H,2-6,11-13H2,1H3/t14-,15-. The number of alkyl halides is 3. The summed E-state index contributed by atoms with van der Waals surface area (Å²) < 4.78 is 42.4. The van der Waals surface area contributed by atoms with E-state index in [1.165, 1.54) is 5.56 Å². The second kappa shape index (κ2) is 7.89. The molecule has 1 aromatic rings. The van der Waals surface area contributed by atoms with E-state index in [4.69, 9.17) is 4.74 Å². The highest BCUT2D eigenvalue weighted by Gasteiger charge is 2.30. The van der Waals surface area contributed by atoms with Crippen molar-refractivity contribution in [2.45, 2.75) is 64.0 Å². The van der Waals surface area contributed by atoms with E-state index in [9.17, 15) is 13.2 Å². The van der Waals surface area contributed by atoms with Gasteiger partial charge < -0.3 is 4.74 Å². The van der Waals surface area contributed by atoms with Crippen molar-refractivity contribution < 1.29 is 17.9 Å². The Morgan fingerprint density at radius 2 is 1.68 bits per heavy atom. The smallest absolute Gasteiger partial charge is 0.389 e. The van der Waals surface area contributed by atoms with Crippen LogP contribution in [0.2, 0.25) is 0 Å². The molecule has 1 nitrogen and oxygen atoms in total. The summed E-state index contributed by atoms with van der Waals surface area (Å²) in [4.78, 5) is 0. The zero-order valence-corrected chi connectivity index (χ0v) is 13.2. The number of rotatable bonds is 6. The first-order valence-corrected chi connectivity index (χ1v) is 8.27. The van der Waals surface area contributed by atoms with Crippen LogP contribution in [0.4, 0.5) is 13.2 Å². The van der Waals surface area contributed by atoms with E-state index in [2.05, 4.69) is 19.1 Å². The molecule has 0 atom stereocenters. The van der Waals surface area contributed by atoms with Crippen LogP contribution in [0.3, 0.4) is 0 Å². The maximum Gasteiger partial charge on any atom is 0.389 e. The largest absolute Gasteiger partial charge is 0.494 e. The second-order valence-electron chi connectivity index (χ2n) is 6.29. The van der Waals surface area contributed by atoms with E-state index in [0.717, 1.165) is 44.5 Å². The minimum atomic E-state index is -4.01. The molecule has 22 heavy (non-hydrogen) atoms. The molecule has 2 rings (SSSR count). The van der Waals surface area contributed by atoms with Gasteiger partial charge in [0.1, 0.15) is 5.75 Å². The minimum Gasteiger partial charge on any atom is -0.494 e. The van der Waals surface area contributed by atoms with Crippen molar-refractivity contribution in [1.82, 2.24) is 0 Å². The van der Waals surface area contributed by atoms with Crippen LogP contribution in [0.1, 0.15) is 63.4 Å². The van der Waals surface area contributed by atoms with Crippen LogP contribution in [0, 0.1) is 5.92 Å². The van der Waals surface area contributed by atoms with E-state index in [1.54, 1.807) is 0 Å². The summed E-state index contributed by atoms with van der Waals surface area (Å²) in [5.41, 5.74) is 1.29. The average molecular weight is 314 g/mol. The van der Waals surface area contributed by atoms with Gasteiger partial charge in [0.25, 0.3) is 0 Å². The van der Waals surface area contributed by atoms with Gasteiger partial charge >= 0.3 is 6.18 Å². The Labute approximate surface area is 130 Å². The number of hydrogen-bond acceptors (Lipinski definition) is 1. The molecule has 1 aliphatic rings. The lowest BCUT2D eigenvalue weighted by Crippen LogP contribution is -2.16. The quantitative estimate of drug-likeness (QED) is 0.617. The Balaban J connectivity index is 1.78. The molecule has 1 fully saturated rings. The normalized spacial score (nSPS) is 22.5. The SMILES string of the molecule is CCCOc1ccc([C@H]2CC[C@H](CCC(F)(F)F)CC2)cc1. The molecule has 0 N–H and O–H groups in total. The topological polar surface area (TPSA) is 9.23 Å². The van der Waals surface area contributed by atoms with Crippen molar-refractivity contribution in [3.63, 3.8) is 0 Å². The van der Waals surface area contributed by atoms with Gasteiger partial charge in [-0.3, -0.25) is 0 Å². The maximum absolute atomic E-state index is 12.3. The zero-order valence-electron chi connectivity index (χ0n) is 13.2. The first-order valence-electron chi connectivity index (χ1n) is 8.27. The lowest BCUT2D eigenvalue weighted by molar-refractivity contribution is -0.138. The molecular formula is C18H25F3O. The predicted molar refractivity (Wildman–Crippen MR) is 82.2 cm³/mol. The molecule has 0 saturated heterocycles. The van der Waals surface area contributed by atoms with Gasteiger partial charge in [-0.05, 0) is 68.1 Å². The van der Waals surface area contributed by atoms with Crippen LogP contribution in [-0.4, -0.2) is 12.8 Å². The molecule has 0 bridgehead atoms. The van der Waals surface area contributed by atoms with Crippen LogP contribution in [0.25, 0.3) is 0 Å². The first kappa shape index (κ1) is 17.2. The van der Waals surface area contributed by atoms with E-state index < -0.39 is 12.6 Å². The van der Waals surface area contributed by atoms with Gasteiger partial charge in [0, 0.05) is 6.42 Å². The molecule has 0 aliphatic heterocycles. The number of hydrogen-bond donors (Lipinski definition) is 0. The Morgan fingerprint density at radius 3 is 2.23 bits per heavy atom. The summed E-state index contributed by atoms with van der Waals surface area (Å²) in [5, 5.41) is 0. The van der Waals surface area contributed by atoms with Gasteiger partial charge in [0.2, 0.25) is 0 Å². The van der Waals surface area contributed by atoms with E-state index in [1.807, 2.05) is 12.1 Å². The van der Waals surface area contributed by atoms with Gasteiger partial charge in [0.05, 0.1) is 6.61 Å². The third kappa shape index (κ3) is 5.54. The van der Waals surface area contributed by atoms with Crippen molar-refractivity contribution in [3.8, 4) is 5.75 Å². The zero-order chi connectivity index (χ0) is 16.0. The molecular weight excluding hydrogens is 289 g/mol. The molecule has 1 aromatic carbocycles. The number of benzene rings is 1. The number of ether oxygens (including phenoxy) is 1. The molecule has 0 spiro atoms. The van der Waals surface area contributed by atoms with Crippen molar-refractivity contribution in [2.24, 2.45) is 5.92 Å². The highest BCUT2D eigenvalue weighted by atomic mass is 19.4. The van der Waals surface area contributed by atoms with E-state index in [0.29, 0.717) is 12.3 Å². The maximum atomic E-state index is 12.3. The fourth-order valence-electron chi connectivity index (χ4n) is 3.21. The summed E-state index contributed by atoms with van der Waals surface area (Å²) in [6.45, 7) is 2.80. The fraction of sp³-hybridized carbons (Fsp3) is 0.667. The average Bonchev–Trinajstić information content (AvgIpc) is 2.51. The monoisotopic (exact) mass is 314 g/mol. The van der Waals surface area contributed by atoms with Crippen LogP contribution in [-0.2, 0) is 0 Å². The minimum absolute atomic E-state index is 0.241. The van der Waals surface area contributed by atoms with Gasteiger partial charge in [0.15, 0.2) is 0 Å². The first-order chi connectivity index (χ1) is 10.5. The van der Waals surface area contributed by atoms with Gasteiger partial charge in [-0.25, -0.2) is 0 Å². The lowest BCUT2D eigenvalue weighted by Gasteiger charge is -2.29. The van der Waals surface area contributed by atoms with Crippen molar-refractivity contribution in [3.05, 3.63) is 29.8 Å². The molecule has 1 aliphatic carbocycles. The fourth-order valence-corrected chi connectivity index (χ4v) is 3.21. The van der Waals surface area contributed by atoms with Crippen LogP contribution in [0.5, 0.6) is 5.75 Å².